The zero-order chi connectivity index (χ0) is 20.1. The maximum Gasteiger partial charge on any atom is 0.413 e. The summed E-state index contributed by atoms with van der Waals surface area (Å²) < 4.78 is 11.2. The zero-order valence-electron chi connectivity index (χ0n) is 15.9. The van der Waals surface area contributed by atoms with Crippen molar-refractivity contribution in [3.05, 3.63) is 58.6 Å². The Hall–Kier alpha value is -2.38. The van der Waals surface area contributed by atoms with E-state index in [-0.39, 0.29) is 5.91 Å². The van der Waals surface area contributed by atoms with E-state index in [1.165, 1.54) is 12.0 Å². The lowest BCUT2D eigenvalue weighted by Gasteiger charge is -2.36. The van der Waals surface area contributed by atoms with E-state index in [4.69, 9.17) is 9.47 Å². The number of hydrogen-bond donors (Lipinski definition) is 1. The second-order valence-corrected chi connectivity index (χ2v) is 7.65. The SMILES string of the molecule is COC(=O)N(C)c1ccc(NC(=O)C2(c3ccc(Br)cc3)CCOCC2)cc1. The Kier molecular flexibility index (Phi) is 6.36. The zero-order valence-corrected chi connectivity index (χ0v) is 17.5. The largest absolute Gasteiger partial charge is 0.452 e. The number of anilines is 2. The summed E-state index contributed by atoms with van der Waals surface area (Å²) in [6, 6.07) is 15.0. The molecule has 0 unspecified atom stereocenters. The molecule has 6 nitrogen and oxygen atoms in total. The highest BCUT2D eigenvalue weighted by Crippen LogP contribution is 2.37. The first-order chi connectivity index (χ1) is 13.5. The van der Waals surface area contributed by atoms with Crippen LogP contribution in [0.5, 0.6) is 0 Å². The monoisotopic (exact) mass is 446 g/mol. The van der Waals surface area contributed by atoms with E-state index in [0.717, 1.165) is 10.0 Å². The molecule has 0 saturated carbocycles. The Morgan fingerprint density at radius 1 is 1.07 bits per heavy atom. The van der Waals surface area contributed by atoms with E-state index >= 15 is 0 Å². The Labute approximate surface area is 172 Å². The summed E-state index contributed by atoms with van der Waals surface area (Å²) in [6.07, 6.45) is 0.806. The summed E-state index contributed by atoms with van der Waals surface area (Å²) in [5, 5.41) is 3.03. The maximum atomic E-state index is 13.3. The van der Waals surface area contributed by atoms with Gasteiger partial charge in [-0.1, -0.05) is 28.1 Å². The third-order valence-corrected chi connectivity index (χ3v) is 5.67. The van der Waals surface area contributed by atoms with Crippen LogP contribution in [0.4, 0.5) is 16.2 Å². The van der Waals surface area contributed by atoms with Gasteiger partial charge in [-0.25, -0.2) is 4.79 Å². The molecule has 1 saturated heterocycles. The summed E-state index contributed by atoms with van der Waals surface area (Å²) in [5.74, 6) is -0.0489. The first-order valence-corrected chi connectivity index (χ1v) is 9.82. The molecule has 1 N–H and O–H groups in total. The van der Waals surface area contributed by atoms with Crippen LogP contribution in [-0.4, -0.2) is 39.4 Å². The molecule has 1 heterocycles. The van der Waals surface area contributed by atoms with E-state index in [1.54, 1.807) is 31.3 Å². The third-order valence-electron chi connectivity index (χ3n) is 5.14. The molecule has 3 rings (SSSR count). The van der Waals surface area contributed by atoms with Gasteiger partial charge in [0, 0.05) is 36.1 Å². The van der Waals surface area contributed by atoms with Crippen molar-refractivity contribution in [1.29, 1.82) is 0 Å². The molecule has 2 aromatic rings. The van der Waals surface area contributed by atoms with Gasteiger partial charge >= 0.3 is 6.09 Å². The van der Waals surface area contributed by atoms with Crippen molar-refractivity contribution in [1.82, 2.24) is 0 Å². The lowest BCUT2D eigenvalue weighted by molar-refractivity contribution is -0.125. The number of hydrogen-bond acceptors (Lipinski definition) is 4. The number of nitrogens with zero attached hydrogens (tertiary/aromatic N) is 1. The van der Waals surface area contributed by atoms with Crippen molar-refractivity contribution in [2.45, 2.75) is 18.3 Å². The van der Waals surface area contributed by atoms with E-state index in [1.807, 2.05) is 24.3 Å². The van der Waals surface area contributed by atoms with Gasteiger partial charge in [-0.2, -0.15) is 0 Å². The molecule has 0 aliphatic carbocycles. The van der Waals surface area contributed by atoms with Crippen LogP contribution in [-0.2, 0) is 19.7 Å². The van der Waals surface area contributed by atoms with Gasteiger partial charge in [0.1, 0.15) is 0 Å². The van der Waals surface area contributed by atoms with Crippen LogP contribution in [0, 0.1) is 0 Å². The molecular weight excluding hydrogens is 424 g/mol. The van der Waals surface area contributed by atoms with Gasteiger partial charge in [0.05, 0.1) is 12.5 Å². The van der Waals surface area contributed by atoms with E-state index in [0.29, 0.717) is 37.4 Å². The van der Waals surface area contributed by atoms with Gasteiger partial charge < -0.3 is 14.8 Å². The van der Waals surface area contributed by atoms with E-state index < -0.39 is 11.5 Å². The van der Waals surface area contributed by atoms with Crippen LogP contribution in [0.3, 0.4) is 0 Å². The normalized spacial score (nSPS) is 15.5. The Morgan fingerprint density at radius 2 is 1.68 bits per heavy atom. The van der Waals surface area contributed by atoms with Gasteiger partial charge in [0.2, 0.25) is 5.91 Å². The number of ether oxygens (including phenoxy) is 2. The maximum absolute atomic E-state index is 13.3. The molecule has 0 atom stereocenters. The van der Waals surface area contributed by atoms with Crippen LogP contribution < -0.4 is 10.2 Å². The first kappa shape index (κ1) is 20.4. The molecule has 28 heavy (non-hydrogen) atoms. The summed E-state index contributed by atoms with van der Waals surface area (Å²) in [5.41, 5.74) is 1.72. The lowest BCUT2D eigenvalue weighted by Crippen LogP contribution is -2.44. The Morgan fingerprint density at radius 3 is 2.25 bits per heavy atom. The van der Waals surface area contributed by atoms with Crippen LogP contribution in [0.15, 0.2) is 53.0 Å². The van der Waals surface area contributed by atoms with Crippen molar-refractivity contribution >= 4 is 39.3 Å². The molecule has 2 aromatic carbocycles. The Balaban J connectivity index is 1.81. The predicted octanol–water partition coefficient (Wildman–Crippen LogP) is 4.34. The highest BCUT2D eigenvalue weighted by atomic mass is 79.9. The lowest BCUT2D eigenvalue weighted by atomic mass is 9.73. The number of rotatable bonds is 4. The highest BCUT2D eigenvalue weighted by molar-refractivity contribution is 9.10. The summed E-state index contributed by atoms with van der Waals surface area (Å²) in [6.45, 7) is 1.10. The fourth-order valence-corrected chi connectivity index (χ4v) is 3.66. The van der Waals surface area contributed by atoms with Crippen molar-refractivity contribution in [3.8, 4) is 0 Å². The van der Waals surface area contributed by atoms with Crippen molar-refractivity contribution in [2.24, 2.45) is 0 Å². The second kappa shape index (κ2) is 8.75. The average Bonchev–Trinajstić information content (AvgIpc) is 2.74. The number of halogens is 1. The van der Waals surface area contributed by atoms with Gasteiger partial charge in [-0.05, 0) is 54.8 Å². The first-order valence-electron chi connectivity index (χ1n) is 9.03. The van der Waals surface area contributed by atoms with E-state index in [2.05, 4.69) is 21.2 Å². The van der Waals surface area contributed by atoms with Gasteiger partial charge in [-0.15, -0.1) is 0 Å². The fourth-order valence-electron chi connectivity index (χ4n) is 3.40. The predicted molar refractivity (Wildman–Crippen MR) is 112 cm³/mol. The molecule has 0 bridgehead atoms. The van der Waals surface area contributed by atoms with Gasteiger partial charge in [-0.3, -0.25) is 9.69 Å². The molecule has 0 aromatic heterocycles. The third kappa shape index (κ3) is 4.20. The highest BCUT2D eigenvalue weighted by Gasteiger charge is 2.41. The number of methoxy groups -OCH3 is 1. The molecular formula is C21H23BrN2O4. The Bertz CT molecular complexity index is 830. The van der Waals surface area contributed by atoms with Gasteiger partial charge in [0.25, 0.3) is 0 Å². The second-order valence-electron chi connectivity index (χ2n) is 6.73. The molecule has 148 valence electrons. The molecule has 1 aliphatic heterocycles. The molecule has 1 aliphatic rings. The average molecular weight is 447 g/mol. The van der Waals surface area contributed by atoms with Crippen LogP contribution in [0.2, 0.25) is 0 Å². The number of nitrogens with one attached hydrogen (secondary N) is 1. The standard InChI is InChI=1S/C21H23BrN2O4/c1-24(20(26)27-2)18-9-7-17(8-10-18)23-19(25)21(11-13-28-14-12-21)15-3-5-16(22)6-4-15/h3-10H,11-14H2,1-2H3,(H,23,25). The molecule has 0 radical (unpaired) electrons. The molecule has 2 amide bonds. The number of carbonyl (C=O) groups is 2. The minimum absolute atomic E-state index is 0.0489. The number of amides is 2. The molecule has 1 fully saturated rings. The topological polar surface area (TPSA) is 67.9 Å². The van der Waals surface area contributed by atoms with Crippen molar-refractivity contribution in [2.75, 3.05) is 37.6 Å². The number of benzene rings is 2. The van der Waals surface area contributed by atoms with Crippen molar-refractivity contribution < 1.29 is 19.1 Å². The summed E-state index contributed by atoms with van der Waals surface area (Å²) in [4.78, 5) is 26.3. The summed E-state index contributed by atoms with van der Waals surface area (Å²) >= 11 is 3.45. The van der Waals surface area contributed by atoms with Crippen molar-refractivity contribution in [3.63, 3.8) is 0 Å². The molecule has 0 spiro atoms. The summed E-state index contributed by atoms with van der Waals surface area (Å²) in [7, 11) is 2.97. The van der Waals surface area contributed by atoms with Crippen LogP contribution in [0.1, 0.15) is 18.4 Å². The minimum atomic E-state index is -0.625. The quantitative estimate of drug-likeness (QED) is 0.758. The number of carbonyl (C=O) groups excluding carboxylic acids is 2. The van der Waals surface area contributed by atoms with E-state index in [9.17, 15) is 9.59 Å². The smallest absolute Gasteiger partial charge is 0.413 e. The van der Waals surface area contributed by atoms with Gasteiger partial charge in [0.15, 0.2) is 0 Å². The fraction of sp³-hybridized carbons (Fsp3) is 0.333. The molecule has 7 heteroatoms. The van der Waals surface area contributed by atoms with Crippen LogP contribution >= 0.6 is 15.9 Å². The van der Waals surface area contributed by atoms with Crippen LogP contribution in [0.25, 0.3) is 0 Å². The minimum Gasteiger partial charge on any atom is -0.452 e.